The predicted molar refractivity (Wildman–Crippen MR) is 105 cm³/mol. The van der Waals surface area contributed by atoms with Gasteiger partial charge in [0.25, 0.3) is 0 Å². The first kappa shape index (κ1) is 15.1. The number of fused-ring (bicyclic) bond motifs is 3. The standard InChI is InChI=1S/C24H25N/c1-15-9-16(2)11-21(10-15)24-8-6-20-14-19(5-7-23(20)25-24)22-13-17-3-4-18(22)12-17/h5-11,14,17-18,22H,3-4,12-13H2,1-2H3. The molecule has 0 aliphatic heterocycles. The summed E-state index contributed by atoms with van der Waals surface area (Å²) in [6, 6.07) is 18.1. The molecular formula is C24H25N. The minimum Gasteiger partial charge on any atom is -0.248 e. The summed E-state index contributed by atoms with van der Waals surface area (Å²) in [7, 11) is 0. The molecule has 0 radical (unpaired) electrons. The molecule has 0 spiro atoms. The molecule has 2 saturated carbocycles. The van der Waals surface area contributed by atoms with Crippen LogP contribution in [0.1, 0.15) is 48.3 Å². The second-order valence-electron chi connectivity index (χ2n) is 8.31. The fourth-order valence-corrected chi connectivity index (χ4v) is 5.31. The third-order valence-electron chi connectivity index (χ3n) is 6.40. The maximum absolute atomic E-state index is 4.94. The van der Waals surface area contributed by atoms with Crippen LogP contribution in [-0.4, -0.2) is 4.98 Å². The van der Waals surface area contributed by atoms with Crippen molar-refractivity contribution in [2.45, 2.75) is 45.4 Å². The van der Waals surface area contributed by atoms with E-state index < -0.39 is 0 Å². The van der Waals surface area contributed by atoms with Crippen molar-refractivity contribution >= 4 is 10.9 Å². The van der Waals surface area contributed by atoms with E-state index in [-0.39, 0.29) is 0 Å². The number of hydrogen-bond donors (Lipinski definition) is 0. The quantitative estimate of drug-likeness (QED) is 0.529. The molecule has 1 heteroatoms. The van der Waals surface area contributed by atoms with Crippen LogP contribution in [-0.2, 0) is 0 Å². The molecule has 3 atom stereocenters. The van der Waals surface area contributed by atoms with Gasteiger partial charge >= 0.3 is 0 Å². The average molecular weight is 327 g/mol. The highest BCUT2D eigenvalue weighted by molar-refractivity contribution is 5.82. The molecule has 0 saturated heterocycles. The molecule has 126 valence electrons. The summed E-state index contributed by atoms with van der Waals surface area (Å²) in [5.74, 6) is 2.72. The molecule has 25 heavy (non-hydrogen) atoms. The zero-order valence-corrected chi connectivity index (χ0v) is 15.1. The van der Waals surface area contributed by atoms with Crippen LogP contribution >= 0.6 is 0 Å². The molecule has 0 amide bonds. The van der Waals surface area contributed by atoms with Gasteiger partial charge < -0.3 is 0 Å². The smallest absolute Gasteiger partial charge is 0.0709 e. The Balaban J connectivity index is 1.52. The molecule has 0 N–H and O–H groups in total. The predicted octanol–water partition coefficient (Wildman–Crippen LogP) is 6.42. The SMILES string of the molecule is Cc1cc(C)cc(-c2ccc3cc(C4CC5CCC4C5)ccc3n2)c1. The van der Waals surface area contributed by atoms with E-state index in [4.69, 9.17) is 4.98 Å². The third-order valence-corrected chi connectivity index (χ3v) is 6.40. The van der Waals surface area contributed by atoms with Gasteiger partial charge in [0, 0.05) is 10.9 Å². The van der Waals surface area contributed by atoms with E-state index in [1.165, 1.54) is 47.8 Å². The van der Waals surface area contributed by atoms with Crippen molar-refractivity contribution in [2.24, 2.45) is 11.8 Å². The van der Waals surface area contributed by atoms with Crippen LogP contribution in [0.2, 0.25) is 0 Å². The summed E-state index contributed by atoms with van der Waals surface area (Å²) in [4.78, 5) is 4.94. The first-order valence-electron chi connectivity index (χ1n) is 9.65. The van der Waals surface area contributed by atoms with Gasteiger partial charge in [0.2, 0.25) is 0 Å². The first-order valence-corrected chi connectivity index (χ1v) is 9.65. The lowest BCUT2D eigenvalue weighted by Gasteiger charge is -2.22. The summed E-state index contributed by atoms with van der Waals surface area (Å²) < 4.78 is 0. The summed E-state index contributed by atoms with van der Waals surface area (Å²) in [5, 5.41) is 1.29. The first-order chi connectivity index (χ1) is 12.2. The van der Waals surface area contributed by atoms with Crippen LogP contribution < -0.4 is 0 Å². The Kier molecular flexibility index (Phi) is 3.45. The molecule has 2 aliphatic rings. The Labute approximate surface area is 150 Å². The van der Waals surface area contributed by atoms with Crippen LogP contribution in [0.25, 0.3) is 22.2 Å². The fraction of sp³-hybridized carbons (Fsp3) is 0.375. The largest absolute Gasteiger partial charge is 0.248 e. The van der Waals surface area contributed by atoms with Crippen molar-refractivity contribution in [1.29, 1.82) is 0 Å². The number of rotatable bonds is 2. The Morgan fingerprint density at radius 2 is 1.68 bits per heavy atom. The van der Waals surface area contributed by atoms with Crippen molar-refractivity contribution in [3.8, 4) is 11.3 Å². The van der Waals surface area contributed by atoms with Crippen LogP contribution in [0.5, 0.6) is 0 Å². The van der Waals surface area contributed by atoms with Crippen molar-refractivity contribution < 1.29 is 0 Å². The van der Waals surface area contributed by atoms with Gasteiger partial charge in [0.1, 0.15) is 0 Å². The van der Waals surface area contributed by atoms with Crippen molar-refractivity contribution in [2.75, 3.05) is 0 Å². The highest BCUT2D eigenvalue weighted by atomic mass is 14.7. The van der Waals surface area contributed by atoms with Crippen LogP contribution in [0.4, 0.5) is 0 Å². The maximum atomic E-state index is 4.94. The number of pyridine rings is 1. The Bertz CT molecular complexity index is 935. The number of aryl methyl sites for hydroxylation is 2. The zero-order valence-electron chi connectivity index (χ0n) is 15.1. The van der Waals surface area contributed by atoms with Gasteiger partial charge in [-0.05, 0) is 86.8 Å². The van der Waals surface area contributed by atoms with Gasteiger partial charge in [-0.3, -0.25) is 0 Å². The van der Waals surface area contributed by atoms with Gasteiger partial charge in [-0.1, -0.05) is 35.7 Å². The summed E-state index contributed by atoms with van der Waals surface area (Å²) in [5.41, 5.74) is 7.54. The third kappa shape index (κ3) is 2.66. The molecule has 2 aliphatic carbocycles. The molecule has 2 fully saturated rings. The minimum atomic E-state index is 0.794. The molecule has 3 unspecified atom stereocenters. The highest BCUT2D eigenvalue weighted by Crippen LogP contribution is 2.53. The number of nitrogens with zero attached hydrogens (tertiary/aromatic N) is 1. The summed E-state index contributed by atoms with van der Waals surface area (Å²) in [6.07, 6.45) is 5.78. The van der Waals surface area contributed by atoms with E-state index >= 15 is 0 Å². The second-order valence-corrected chi connectivity index (χ2v) is 8.31. The van der Waals surface area contributed by atoms with Gasteiger partial charge in [-0.25, -0.2) is 4.98 Å². The lowest BCUT2D eigenvalue weighted by molar-refractivity contribution is 0.420. The average Bonchev–Trinajstić information content (AvgIpc) is 3.23. The molecule has 1 nitrogen and oxygen atoms in total. The van der Waals surface area contributed by atoms with Gasteiger partial charge in [0.05, 0.1) is 11.2 Å². The number of aromatic nitrogens is 1. The molecule has 2 bridgehead atoms. The Hall–Kier alpha value is -2.15. The minimum absolute atomic E-state index is 0.794. The summed E-state index contributed by atoms with van der Waals surface area (Å²) in [6.45, 7) is 4.30. The monoisotopic (exact) mass is 327 g/mol. The Morgan fingerprint density at radius 3 is 2.40 bits per heavy atom. The van der Waals surface area contributed by atoms with E-state index in [0.29, 0.717) is 0 Å². The lowest BCUT2D eigenvalue weighted by Crippen LogP contribution is -2.08. The molecule has 2 aromatic carbocycles. The lowest BCUT2D eigenvalue weighted by atomic mass is 9.83. The van der Waals surface area contributed by atoms with E-state index in [1.54, 1.807) is 5.56 Å². The molecule has 1 heterocycles. The topological polar surface area (TPSA) is 12.9 Å². The number of benzene rings is 2. The van der Waals surface area contributed by atoms with Crippen LogP contribution in [0.3, 0.4) is 0 Å². The highest BCUT2D eigenvalue weighted by Gasteiger charge is 2.40. The molecule has 1 aromatic heterocycles. The van der Waals surface area contributed by atoms with Crippen molar-refractivity contribution in [3.05, 3.63) is 65.2 Å². The van der Waals surface area contributed by atoms with Gasteiger partial charge in [0.15, 0.2) is 0 Å². The molecular weight excluding hydrogens is 302 g/mol. The van der Waals surface area contributed by atoms with E-state index in [1.807, 2.05) is 0 Å². The van der Waals surface area contributed by atoms with Gasteiger partial charge in [-0.15, -0.1) is 0 Å². The second kappa shape index (κ2) is 5.69. The van der Waals surface area contributed by atoms with Crippen molar-refractivity contribution in [1.82, 2.24) is 4.98 Å². The zero-order chi connectivity index (χ0) is 17.0. The fourth-order valence-electron chi connectivity index (χ4n) is 5.31. The maximum Gasteiger partial charge on any atom is 0.0709 e. The van der Waals surface area contributed by atoms with Crippen LogP contribution in [0, 0.1) is 25.7 Å². The van der Waals surface area contributed by atoms with E-state index in [0.717, 1.165) is 29.0 Å². The van der Waals surface area contributed by atoms with Gasteiger partial charge in [-0.2, -0.15) is 0 Å². The normalized spacial score (nSPS) is 25.0. The Morgan fingerprint density at radius 1 is 0.840 bits per heavy atom. The van der Waals surface area contributed by atoms with Crippen molar-refractivity contribution in [3.63, 3.8) is 0 Å². The molecule has 5 rings (SSSR count). The van der Waals surface area contributed by atoms with E-state index in [9.17, 15) is 0 Å². The van der Waals surface area contributed by atoms with E-state index in [2.05, 4.69) is 62.4 Å². The van der Waals surface area contributed by atoms with Crippen LogP contribution in [0.15, 0.2) is 48.5 Å². The molecule has 3 aromatic rings. The number of hydrogen-bond acceptors (Lipinski definition) is 1. The summed E-state index contributed by atoms with van der Waals surface area (Å²) >= 11 is 0.